The van der Waals surface area contributed by atoms with Crippen molar-refractivity contribution in [3.8, 4) is 0 Å². The molecule has 0 spiro atoms. The third kappa shape index (κ3) is 3.57. The molecule has 24 heavy (non-hydrogen) atoms. The van der Waals surface area contributed by atoms with Crippen molar-refractivity contribution in [3.05, 3.63) is 52.3 Å². The van der Waals surface area contributed by atoms with E-state index in [9.17, 15) is 8.78 Å². The first-order valence-corrected chi connectivity index (χ1v) is 7.65. The standard InChI is InChI=1S/C16H18F2N4.2ClH/c17-15-1-2-16(18)14-10-21(5-3-13(14)15)9-11-7-12-8-19-4-6-22(12)20-11;;/h1-2,7,19H,3-6,8-10H2;2*1H. The second kappa shape index (κ2) is 7.78. The smallest absolute Gasteiger partial charge is 0.128 e. The topological polar surface area (TPSA) is 33.1 Å². The van der Waals surface area contributed by atoms with E-state index >= 15 is 0 Å². The van der Waals surface area contributed by atoms with Crippen LogP contribution in [0.15, 0.2) is 18.2 Å². The predicted molar refractivity (Wildman–Crippen MR) is 92.6 cm³/mol. The monoisotopic (exact) mass is 376 g/mol. The fourth-order valence-electron chi connectivity index (χ4n) is 3.34. The molecule has 3 heterocycles. The van der Waals surface area contributed by atoms with Crippen molar-refractivity contribution in [2.75, 3.05) is 13.1 Å². The Kier molecular flexibility index (Phi) is 6.20. The van der Waals surface area contributed by atoms with Crippen LogP contribution in [0.1, 0.15) is 22.5 Å². The number of rotatable bonds is 2. The average Bonchev–Trinajstić information content (AvgIpc) is 2.93. The Bertz CT molecular complexity index is 697. The van der Waals surface area contributed by atoms with Crippen LogP contribution in [-0.4, -0.2) is 27.8 Å². The summed E-state index contributed by atoms with van der Waals surface area (Å²) in [5.41, 5.74) is 3.22. The predicted octanol–water partition coefficient (Wildman–Crippen LogP) is 2.67. The zero-order valence-corrected chi connectivity index (χ0v) is 14.7. The Balaban J connectivity index is 0.00000104. The highest BCUT2D eigenvalue weighted by atomic mass is 35.5. The second-order valence-corrected chi connectivity index (χ2v) is 5.97. The van der Waals surface area contributed by atoms with Crippen LogP contribution in [0.25, 0.3) is 0 Å². The lowest BCUT2D eigenvalue weighted by Crippen LogP contribution is -2.31. The molecular weight excluding hydrogens is 357 g/mol. The van der Waals surface area contributed by atoms with Crippen LogP contribution in [0.2, 0.25) is 0 Å². The molecule has 0 fully saturated rings. The Hall–Kier alpha value is -1.21. The Morgan fingerprint density at radius 1 is 1.08 bits per heavy atom. The highest BCUT2D eigenvalue weighted by Gasteiger charge is 2.23. The maximum atomic E-state index is 13.9. The number of nitrogens with one attached hydrogen (secondary N) is 1. The van der Waals surface area contributed by atoms with Crippen LogP contribution in [0.3, 0.4) is 0 Å². The van der Waals surface area contributed by atoms with E-state index in [0.717, 1.165) is 31.9 Å². The lowest BCUT2D eigenvalue weighted by Gasteiger charge is -2.28. The number of aromatic nitrogens is 2. The summed E-state index contributed by atoms with van der Waals surface area (Å²) < 4.78 is 29.7. The Labute approximate surface area is 152 Å². The van der Waals surface area contributed by atoms with Gasteiger partial charge in [0, 0.05) is 38.3 Å². The van der Waals surface area contributed by atoms with Crippen molar-refractivity contribution in [1.82, 2.24) is 20.0 Å². The maximum absolute atomic E-state index is 13.9. The van der Waals surface area contributed by atoms with Crippen molar-refractivity contribution in [2.24, 2.45) is 0 Å². The third-order valence-electron chi connectivity index (χ3n) is 4.48. The molecule has 1 aromatic carbocycles. The molecule has 0 radical (unpaired) electrons. The molecule has 2 aliphatic heterocycles. The molecule has 1 aromatic heterocycles. The molecule has 0 aliphatic carbocycles. The minimum atomic E-state index is -0.311. The summed E-state index contributed by atoms with van der Waals surface area (Å²) in [5.74, 6) is -0.603. The number of fused-ring (bicyclic) bond motifs is 2. The molecule has 1 N–H and O–H groups in total. The summed E-state index contributed by atoms with van der Waals surface area (Å²) >= 11 is 0. The van der Waals surface area contributed by atoms with E-state index in [4.69, 9.17) is 0 Å². The van der Waals surface area contributed by atoms with Gasteiger partial charge in [-0.2, -0.15) is 5.10 Å². The van der Waals surface area contributed by atoms with Crippen LogP contribution < -0.4 is 5.32 Å². The Morgan fingerprint density at radius 2 is 1.83 bits per heavy atom. The maximum Gasteiger partial charge on any atom is 0.128 e. The quantitative estimate of drug-likeness (QED) is 0.874. The fourth-order valence-corrected chi connectivity index (χ4v) is 3.34. The molecular formula is C16H20Cl2F2N4. The van der Waals surface area contributed by atoms with Gasteiger partial charge in [0.2, 0.25) is 0 Å². The first-order valence-electron chi connectivity index (χ1n) is 7.65. The minimum Gasteiger partial charge on any atom is -0.309 e. The van der Waals surface area contributed by atoms with Gasteiger partial charge in [0.15, 0.2) is 0 Å². The van der Waals surface area contributed by atoms with E-state index in [1.807, 2.05) is 4.68 Å². The zero-order valence-electron chi connectivity index (χ0n) is 13.1. The highest BCUT2D eigenvalue weighted by Crippen LogP contribution is 2.25. The molecule has 132 valence electrons. The van der Waals surface area contributed by atoms with Crippen LogP contribution in [0, 0.1) is 11.6 Å². The van der Waals surface area contributed by atoms with Crippen molar-refractivity contribution < 1.29 is 8.78 Å². The number of hydrogen-bond acceptors (Lipinski definition) is 3. The molecule has 2 aliphatic rings. The highest BCUT2D eigenvalue weighted by molar-refractivity contribution is 5.85. The van der Waals surface area contributed by atoms with Gasteiger partial charge in [-0.05, 0) is 30.2 Å². The molecule has 0 saturated carbocycles. The first-order chi connectivity index (χ1) is 10.7. The number of benzene rings is 1. The van der Waals surface area contributed by atoms with E-state index in [1.165, 1.54) is 17.8 Å². The van der Waals surface area contributed by atoms with Gasteiger partial charge in [0.1, 0.15) is 11.6 Å². The van der Waals surface area contributed by atoms with Gasteiger partial charge in [-0.3, -0.25) is 9.58 Å². The average molecular weight is 377 g/mol. The molecule has 8 heteroatoms. The second-order valence-electron chi connectivity index (χ2n) is 5.97. The summed E-state index contributed by atoms with van der Waals surface area (Å²) in [6.45, 7) is 4.52. The molecule has 2 aromatic rings. The number of halogens is 4. The van der Waals surface area contributed by atoms with Gasteiger partial charge in [0.25, 0.3) is 0 Å². The molecule has 0 amide bonds. The molecule has 4 rings (SSSR count). The van der Waals surface area contributed by atoms with Crippen LogP contribution in [0.4, 0.5) is 8.78 Å². The lowest BCUT2D eigenvalue weighted by molar-refractivity contribution is 0.234. The summed E-state index contributed by atoms with van der Waals surface area (Å²) in [4.78, 5) is 2.13. The van der Waals surface area contributed by atoms with E-state index in [1.54, 1.807) is 0 Å². The van der Waals surface area contributed by atoms with E-state index in [-0.39, 0.29) is 36.4 Å². The number of nitrogens with zero attached hydrogens (tertiary/aromatic N) is 3. The lowest BCUT2D eigenvalue weighted by atomic mass is 9.98. The van der Waals surface area contributed by atoms with Gasteiger partial charge in [-0.15, -0.1) is 24.8 Å². The molecule has 0 bridgehead atoms. The third-order valence-corrected chi connectivity index (χ3v) is 4.48. The van der Waals surface area contributed by atoms with Gasteiger partial charge in [0.05, 0.1) is 17.9 Å². The van der Waals surface area contributed by atoms with Crippen molar-refractivity contribution in [1.29, 1.82) is 0 Å². The van der Waals surface area contributed by atoms with E-state index in [0.29, 0.717) is 30.6 Å². The summed E-state index contributed by atoms with van der Waals surface area (Å²) in [7, 11) is 0. The minimum absolute atomic E-state index is 0. The SMILES string of the molecule is Cl.Cl.Fc1ccc(F)c2c1CCN(Cc1cc3n(n1)CCNC3)C2. The van der Waals surface area contributed by atoms with Crippen LogP contribution in [-0.2, 0) is 32.6 Å². The molecule has 4 nitrogen and oxygen atoms in total. The first kappa shape index (κ1) is 19.1. The molecule has 0 unspecified atom stereocenters. The van der Waals surface area contributed by atoms with Crippen molar-refractivity contribution in [3.63, 3.8) is 0 Å². The van der Waals surface area contributed by atoms with Crippen molar-refractivity contribution >= 4 is 24.8 Å². The Morgan fingerprint density at radius 3 is 2.58 bits per heavy atom. The van der Waals surface area contributed by atoms with Gasteiger partial charge in [-0.1, -0.05) is 0 Å². The largest absolute Gasteiger partial charge is 0.309 e. The summed E-state index contributed by atoms with van der Waals surface area (Å²) in [5, 5.41) is 7.93. The summed E-state index contributed by atoms with van der Waals surface area (Å²) in [6.07, 6.45) is 0.550. The molecule has 0 saturated heterocycles. The van der Waals surface area contributed by atoms with Gasteiger partial charge >= 0.3 is 0 Å². The zero-order chi connectivity index (χ0) is 15.1. The van der Waals surface area contributed by atoms with Gasteiger partial charge < -0.3 is 5.32 Å². The molecule has 0 atom stereocenters. The normalized spacial score (nSPS) is 16.6. The number of hydrogen-bond donors (Lipinski definition) is 1. The van der Waals surface area contributed by atoms with Gasteiger partial charge in [-0.25, -0.2) is 8.78 Å². The van der Waals surface area contributed by atoms with E-state index < -0.39 is 0 Å². The van der Waals surface area contributed by atoms with E-state index in [2.05, 4.69) is 21.4 Å². The van der Waals surface area contributed by atoms with Crippen molar-refractivity contribution in [2.45, 2.75) is 32.6 Å². The van der Waals surface area contributed by atoms with Crippen LogP contribution >= 0.6 is 24.8 Å². The summed E-state index contributed by atoms with van der Waals surface area (Å²) in [6, 6.07) is 4.54. The van der Waals surface area contributed by atoms with Crippen LogP contribution in [0.5, 0.6) is 0 Å². The fraction of sp³-hybridized carbons (Fsp3) is 0.438.